The molecule has 1 aromatic carbocycles. The molecule has 0 nitrogen and oxygen atoms in total. The summed E-state index contributed by atoms with van der Waals surface area (Å²) in [5.74, 6) is 0. The Morgan fingerprint density at radius 3 is 1.80 bits per heavy atom. The molecule has 52 valence electrons. The van der Waals surface area contributed by atoms with Gasteiger partial charge in [0, 0.05) is 19.5 Å². The van der Waals surface area contributed by atoms with E-state index in [2.05, 4.69) is 26.0 Å². The van der Waals surface area contributed by atoms with Crippen molar-refractivity contribution in [3.05, 3.63) is 42.3 Å². The van der Waals surface area contributed by atoms with Crippen molar-refractivity contribution >= 4 is 17.0 Å². The molecule has 0 unspecified atom stereocenters. The predicted molar refractivity (Wildman–Crippen MR) is 46.0 cm³/mol. The van der Waals surface area contributed by atoms with E-state index in [4.69, 9.17) is 0 Å². The average molecular weight is 251 g/mol. The molecule has 0 radical (unpaired) electrons. The van der Waals surface area contributed by atoms with Crippen LogP contribution in [-0.4, -0.2) is 0 Å². The maximum atomic E-state index is 3.76. The van der Waals surface area contributed by atoms with Crippen LogP contribution in [-0.2, 0) is 19.5 Å². The fourth-order valence-corrected chi connectivity index (χ4v) is 0.588. The van der Waals surface area contributed by atoms with Crippen molar-refractivity contribution < 1.29 is 19.5 Å². The van der Waals surface area contributed by atoms with Crippen LogP contribution in [0.1, 0.15) is 11.1 Å². The summed E-state index contributed by atoms with van der Waals surface area (Å²) in [4.78, 5) is 0. The summed E-state index contributed by atoms with van der Waals surface area (Å²) < 4.78 is 0. The van der Waals surface area contributed by atoms with Crippen molar-refractivity contribution in [3.8, 4) is 0 Å². The van der Waals surface area contributed by atoms with E-state index in [1.165, 1.54) is 5.56 Å². The molecule has 0 heterocycles. The molecule has 0 atom stereocenters. The normalized spacial score (nSPS) is 7.30. The first-order valence-electron chi connectivity index (χ1n) is 2.67. The number of hydrogen-bond donors (Lipinski definition) is 0. The van der Waals surface area contributed by atoms with E-state index in [0.29, 0.717) is 0 Å². The monoisotopic (exact) mass is 249 g/mol. The van der Waals surface area contributed by atoms with Crippen LogP contribution in [0.4, 0.5) is 0 Å². The molecule has 0 spiro atoms. The minimum Gasteiger partial charge on any atom is -0.199 e. The van der Waals surface area contributed by atoms with Crippen molar-refractivity contribution in [1.82, 2.24) is 0 Å². The third-order valence-electron chi connectivity index (χ3n) is 1.12. The first kappa shape index (κ1) is 12.8. The molecule has 1 rings (SSSR count). The predicted octanol–water partition coefficient (Wildman–Crippen LogP) is 2.75. The second-order valence-electron chi connectivity index (χ2n) is 1.99. The molecule has 0 saturated heterocycles. The van der Waals surface area contributed by atoms with Crippen molar-refractivity contribution in [2.75, 3.05) is 0 Å². The Kier molecular flexibility index (Phi) is 7.62. The Labute approximate surface area is 85.6 Å². The molecule has 0 aliphatic rings. The minimum atomic E-state index is 0. The molecular formula is C8H10BrZn-. The second-order valence-corrected chi connectivity index (χ2v) is 1.99. The number of hydrogen-bond acceptors (Lipinski definition) is 0. The Balaban J connectivity index is 0. The summed E-state index contributed by atoms with van der Waals surface area (Å²) in [6, 6.07) is 8.13. The van der Waals surface area contributed by atoms with Crippen LogP contribution in [0.5, 0.6) is 0 Å². The Morgan fingerprint density at radius 1 is 1.10 bits per heavy atom. The van der Waals surface area contributed by atoms with Crippen molar-refractivity contribution in [3.63, 3.8) is 0 Å². The molecule has 10 heavy (non-hydrogen) atoms. The zero-order chi connectivity index (χ0) is 5.98. The van der Waals surface area contributed by atoms with Crippen LogP contribution in [0.15, 0.2) is 24.3 Å². The number of rotatable bonds is 0. The summed E-state index contributed by atoms with van der Waals surface area (Å²) in [5, 5.41) is 0. The van der Waals surface area contributed by atoms with Gasteiger partial charge in [0.2, 0.25) is 0 Å². The molecular weight excluding hydrogens is 241 g/mol. The van der Waals surface area contributed by atoms with Crippen LogP contribution in [0.2, 0.25) is 0 Å². The molecule has 0 bridgehead atoms. The Hall–Kier alpha value is 0.193. The van der Waals surface area contributed by atoms with E-state index in [-0.39, 0.29) is 36.5 Å². The second kappa shape index (κ2) is 5.94. The van der Waals surface area contributed by atoms with Crippen molar-refractivity contribution in [2.45, 2.75) is 6.92 Å². The third kappa shape index (κ3) is 4.08. The summed E-state index contributed by atoms with van der Waals surface area (Å²) >= 11 is 0. The zero-order valence-electron chi connectivity index (χ0n) is 6.13. The minimum absolute atomic E-state index is 0. The van der Waals surface area contributed by atoms with Gasteiger partial charge in [0.1, 0.15) is 0 Å². The summed E-state index contributed by atoms with van der Waals surface area (Å²) in [5.41, 5.74) is 2.37. The van der Waals surface area contributed by atoms with Crippen LogP contribution < -0.4 is 0 Å². The van der Waals surface area contributed by atoms with Gasteiger partial charge in [-0.1, -0.05) is 5.56 Å². The molecule has 0 aliphatic carbocycles. The average Bonchev–Trinajstić information content (AvgIpc) is 1.77. The van der Waals surface area contributed by atoms with E-state index >= 15 is 0 Å². The van der Waals surface area contributed by atoms with Gasteiger partial charge in [-0.05, 0) is 6.92 Å². The number of halogens is 1. The summed E-state index contributed by atoms with van der Waals surface area (Å²) in [7, 11) is 0. The van der Waals surface area contributed by atoms with Gasteiger partial charge in [0.05, 0.1) is 0 Å². The van der Waals surface area contributed by atoms with Gasteiger partial charge in [-0.25, -0.2) is 0 Å². The third-order valence-corrected chi connectivity index (χ3v) is 1.12. The zero-order valence-corrected chi connectivity index (χ0v) is 10.8. The van der Waals surface area contributed by atoms with Gasteiger partial charge in [0.25, 0.3) is 0 Å². The largest absolute Gasteiger partial charge is 0.199 e. The fraction of sp³-hybridized carbons (Fsp3) is 0.125. The Bertz CT molecular complexity index is 148. The van der Waals surface area contributed by atoms with E-state index in [1.807, 2.05) is 12.1 Å². The maximum Gasteiger partial charge on any atom is 0 e. The van der Waals surface area contributed by atoms with Gasteiger partial charge >= 0.3 is 0 Å². The van der Waals surface area contributed by atoms with E-state index < -0.39 is 0 Å². The van der Waals surface area contributed by atoms with Crippen LogP contribution >= 0.6 is 17.0 Å². The van der Waals surface area contributed by atoms with Crippen LogP contribution in [0.3, 0.4) is 0 Å². The van der Waals surface area contributed by atoms with E-state index in [9.17, 15) is 0 Å². The number of benzene rings is 1. The van der Waals surface area contributed by atoms with Crippen molar-refractivity contribution in [2.24, 2.45) is 0 Å². The van der Waals surface area contributed by atoms with E-state index in [1.54, 1.807) is 0 Å². The SMILES string of the molecule is Br.[CH2-]c1ccc(C)cc1.[Zn]. The summed E-state index contributed by atoms with van der Waals surface area (Å²) in [6.07, 6.45) is 0. The van der Waals surface area contributed by atoms with Crippen LogP contribution in [0, 0.1) is 13.8 Å². The molecule has 0 aromatic heterocycles. The molecule has 0 aliphatic heterocycles. The van der Waals surface area contributed by atoms with Gasteiger partial charge in [-0.2, -0.15) is 24.6 Å². The quantitative estimate of drug-likeness (QED) is 0.491. The molecule has 0 saturated carbocycles. The van der Waals surface area contributed by atoms with Crippen LogP contribution in [0.25, 0.3) is 0 Å². The standard InChI is InChI=1S/C8H9.BrH.Zn/c1-7-3-5-8(2)6-4-7;;/h3-6H,1H2,2H3;1H;/q-1;;. The van der Waals surface area contributed by atoms with Gasteiger partial charge in [0.15, 0.2) is 0 Å². The Morgan fingerprint density at radius 2 is 1.50 bits per heavy atom. The first-order chi connectivity index (χ1) is 3.79. The molecule has 1 aromatic rings. The van der Waals surface area contributed by atoms with Gasteiger partial charge in [-0.3, -0.25) is 0 Å². The molecule has 0 fully saturated rings. The topological polar surface area (TPSA) is 0 Å². The van der Waals surface area contributed by atoms with Crippen molar-refractivity contribution in [1.29, 1.82) is 0 Å². The van der Waals surface area contributed by atoms with E-state index in [0.717, 1.165) is 5.56 Å². The maximum absolute atomic E-state index is 3.76. The fourth-order valence-electron chi connectivity index (χ4n) is 0.588. The first-order valence-corrected chi connectivity index (χ1v) is 2.67. The molecule has 0 N–H and O–H groups in total. The molecule has 2 heteroatoms. The molecule has 0 amide bonds. The smallest absolute Gasteiger partial charge is 0 e. The van der Waals surface area contributed by atoms with Gasteiger partial charge < -0.3 is 0 Å². The summed E-state index contributed by atoms with van der Waals surface area (Å²) in [6.45, 7) is 5.83. The van der Waals surface area contributed by atoms with Gasteiger partial charge in [-0.15, -0.1) is 29.1 Å². The number of aryl methyl sites for hydroxylation is 1.